The third kappa shape index (κ3) is 11.9. The number of rotatable bonds is 7. The fourth-order valence-corrected chi connectivity index (χ4v) is 1.56. The first-order valence-corrected chi connectivity index (χ1v) is 6.54. The first kappa shape index (κ1) is 12.9. The van der Waals surface area contributed by atoms with E-state index < -0.39 is 9.84 Å². The second-order valence-electron chi connectivity index (χ2n) is 3.37. The zero-order valence-corrected chi connectivity index (χ0v) is 9.10. The van der Waals surface area contributed by atoms with Gasteiger partial charge in [0.25, 0.3) is 0 Å². The minimum absolute atomic E-state index is 0.231. The number of hydrogen-bond acceptors (Lipinski definition) is 4. The van der Waals surface area contributed by atoms with Crippen molar-refractivity contribution in [3.8, 4) is 0 Å². The van der Waals surface area contributed by atoms with Crippen LogP contribution in [0.1, 0.15) is 19.8 Å². The maximum absolute atomic E-state index is 10.7. The highest BCUT2D eigenvalue weighted by atomic mass is 32.2. The molecule has 0 bridgehead atoms. The van der Waals surface area contributed by atoms with Crippen LogP contribution in [-0.4, -0.2) is 44.7 Å². The predicted octanol–water partition coefficient (Wildman–Crippen LogP) is -0.218. The van der Waals surface area contributed by atoms with Crippen LogP contribution in [0.15, 0.2) is 0 Å². The Hall–Kier alpha value is -0.130. The van der Waals surface area contributed by atoms with Crippen molar-refractivity contribution in [2.75, 3.05) is 25.1 Å². The molecule has 0 aromatic carbocycles. The molecule has 0 saturated heterocycles. The van der Waals surface area contributed by atoms with E-state index in [2.05, 4.69) is 5.32 Å². The molecule has 0 heterocycles. The standard InChI is InChI=1S/C8H19NO3S/c1-8(10)4-6-9-5-3-7-13(2,11)12/h8-10H,3-7H2,1-2H3. The molecule has 5 heteroatoms. The third-order valence-corrected chi connectivity index (χ3v) is 2.64. The number of hydrogen-bond donors (Lipinski definition) is 2. The van der Waals surface area contributed by atoms with Gasteiger partial charge in [-0.05, 0) is 32.9 Å². The van der Waals surface area contributed by atoms with Crippen LogP contribution in [0.2, 0.25) is 0 Å². The summed E-state index contributed by atoms with van der Waals surface area (Å²) in [6.07, 6.45) is 2.29. The van der Waals surface area contributed by atoms with Gasteiger partial charge in [0, 0.05) is 6.26 Å². The Labute approximate surface area is 80.3 Å². The molecule has 1 atom stereocenters. The van der Waals surface area contributed by atoms with Gasteiger partial charge in [0.05, 0.1) is 11.9 Å². The fraction of sp³-hybridized carbons (Fsp3) is 1.00. The van der Waals surface area contributed by atoms with Crippen LogP contribution in [0.4, 0.5) is 0 Å². The van der Waals surface area contributed by atoms with Gasteiger partial charge in [-0.15, -0.1) is 0 Å². The summed E-state index contributed by atoms with van der Waals surface area (Å²) in [5.41, 5.74) is 0. The summed E-state index contributed by atoms with van der Waals surface area (Å²) in [6.45, 7) is 3.17. The van der Waals surface area contributed by atoms with E-state index in [-0.39, 0.29) is 11.9 Å². The Kier molecular flexibility index (Phi) is 6.28. The molecule has 0 amide bonds. The number of aliphatic hydroxyl groups excluding tert-OH is 1. The van der Waals surface area contributed by atoms with Gasteiger partial charge in [-0.1, -0.05) is 0 Å². The quantitative estimate of drug-likeness (QED) is 0.569. The Morgan fingerprint density at radius 3 is 2.46 bits per heavy atom. The van der Waals surface area contributed by atoms with E-state index in [1.165, 1.54) is 6.26 Å². The maximum Gasteiger partial charge on any atom is 0.147 e. The van der Waals surface area contributed by atoms with Crippen LogP contribution in [0.5, 0.6) is 0 Å². The molecule has 13 heavy (non-hydrogen) atoms. The van der Waals surface area contributed by atoms with E-state index in [9.17, 15) is 8.42 Å². The van der Waals surface area contributed by atoms with E-state index in [4.69, 9.17) is 5.11 Å². The van der Waals surface area contributed by atoms with Crippen LogP contribution in [0.25, 0.3) is 0 Å². The van der Waals surface area contributed by atoms with Crippen molar-refractivity contribution in [1.29, 1.82) is 0 Å². The number of aliphatic hydroxyl groups is 1. The summed E-state index contributed by atoms with van der Waals surface area (Å²) < 4.78 is 21.4. The van der Waals surface area contributed by atoms with Crippen molar-refractivity contribution < 1.29 is 13.5 Å². The van der Waals surface area contributed by atoms with E-state index in [0.29, 0.717) is 19.4 Å². The topological polar surface area (TPSA) is 66.4 Å². The Bertz CT molecular complexity index is 211. The third-order valence-electron chi connectivity index (χ3n) is 1.61. The van der Waals surface area contributed by atoms with E-state index in [1.807, 2.05) is 0 Å². The minimum atomic E-state index is -2.82. The van der Waals surface area contributed by atoms with Crippen molar-refractivity contribution in [3.63, 3.8) is 0 Å². The van der Waals surface area contributed by atoms with Crippen molar-refractivity contribution in [2.24, 2.45) is 0 Å². The molecule has 0 aromatic heterocycles. The molecule has 1 unspecified atom stereocenters. The Morgan fingerprint density at radius 1 is 1.38 bits per heavy atom. The second-order valence-corrected chi connectivity index (χ2v) is 5.63. The van der Waals surface area contributed by atoms with Gasteiger partial charge in [-0.25, -0.2) is 8.42 Å². The lowest BCUT2D eigenvalue weighted by molar-refractivity contribution is 0.184. The molecule has 0 rings (SSSR count). The average molecular weight is 209 g/mol. The lowest BCUT2D eigenvalue weighted by Gasteiger charge is -2.05. The molecule has 0 saturated carbocycles. The largest absolute Gasteiger partial charge is 0.393 e. The van der Waals surface area contributed by atoms with Gasteiger partial charge in [-0.2, -0.15) is 0 Å². The molecule has 0 radical (unpaired) electrons. The molecule has 0 fully saturated rings. The minimum Gasteiger partial charge on any atom is -0.393 e. The van der Waals surface area contributed by atoms with Gasteiger partial charge in [0.2, 0.25) is 0 Å². The van der Waals surface area contributed by atoms with Gasteiger partial charge in [-0.3, -0.25) is 0 Å². The molecule has 2 N–H and O–H groups in total. The highest BCUT2D eigenvalue weighted by Gasteiger charge is 2.00. The lowest BCUT2D eigenvalue weighted by atomic mass is 10.3. The Morgan fingerprint density at radius 2 is 2.00 bits per heavy atom. The average Bonchev–Trinajstić information content (AvgIpc) is 1.93. The van der Waals surface area contributed by atoms with Crippen LogP contribution in [0.3, 0.4) is 0 Å². The van der Waals surface area contributed by atoms with Gasteiger partial charge in [0.1, 0.15) is 9.84 Å². The zero-order valence-electron chi connectivity index (χ0n) is 8.28. The Balaban J connectivity index is 3.18. The van der Waals surface area contributed by atoms with Crippen molar-refractivity contribution in [1.82, 2.24) is 5.32 Å². The number of sulfone groups is 1. The molecule has 0 aliphatic heterocycles. The normalized spacial score (nSPS) is 14.4. The first-order chi connectivity index (χ1) is 5.92. The number of nitrogens with one attached hydrogen (secondary N) is 1. The molecule has 0 aromatic rings. The van der Waals surface area contributed by atoms with E-state index in [1.54, 1.807) is 6.92 Å². The molecule has 0 aliphatic carbocycles. The summed E-state index contributed by atoms with van der Waals surface area (Å²) in [5.74, 6) is 0.231. The smallest absolute Gasteiger partial charge is 0.147 e. The maximum atomic E-state index is 10.7. The van der Waals surface area contributed by atoms with Crippen molar-refractivity contribution >= 4 is 9.84 Å². The van der Waals surface area contributed by atoms with Crippen molar-refractivity contribution in [2.45, 2.75) is 25.9 Å². The van der Waals surface area contributed by atoms with Gasteiger partial charge < -0.3 is 10.4 Å². The molecular weight excluding hydrogens is 190 g/mol. The summed E-state index contributed by atoms with van der Waals surface area (Å²) in [7, 11) is -2.82. The molecule has 0 spiro atoms. The summed E-state index contributed by atoms with van der Waals surface area (Å²) in [6, 6.07) is 0. The van der Waals surface area contributed by atoms with Crippen molar-refractivity contribution in [3.05, 3.63) is 0 Å². The summed E-state index contributed by atoms with van der Waals surface area (Å²) in [5, 5.41) is 12.0. The molecule has 4 nitrogen and oxygen atoms in total. The molecule has 0 aliphatic rings. The predicted molar refractivity (Wildman–Crippen MR) is 53.5 cm³/mol. The monoisotopic (exact) mass is 209 g/mol. The van der Waals surface area contributed by atoms with Crippen LogP contribution in [0, 0.1) is 0 Å². The first-order valence-electron chi connectivity index (χ1n) is 4.48. The zero-order chi connectivity index (χ0) is 10.3. The molecular formula is C8H19NO3S. The fourth-order valence-electron chi connectivity index (χ4n) is 0.895. The van der Waals surface area contributed by atoms with E-state index in [0.717, 1.165) is 6.54 Å². The molecule has 80 valence electrons. The summed E-state index contributed by atoms with van der Waals surface area (Å²) in [4.78, 5) is 0. The van der Waals surface area contributed by atoms with Gasteiger partial charge in [0.15, 0.2) is 0 Å². The second kappa shape index (κ2) is 6.34. The van der Waals surface area contributed by atoms with Gasteiger partial charge >= 0.3 is 0 Å². The summed E-state index contributed by atoms with van der Waals surface area (Å²) >= 11 is 0. The highest BCUT2D eigenvalue weighted by molar-refractivity contribution is 7.90. The van der Waals surface area contributed by atoms with E-state index >= 15 is 0 Å². The van der Waals surface area contributed by atoms with Crippen LogP contribution >= 0.6 is 0 Å². The van der Waals surface area contributed by atoms with Crippen LogP contribution < -0.4 is 5.32 Å². The SMILES string of the molecule is CC(O)CCNCCCS(C)(=O)=O. The lowest BCUT2D eigenvalue weighted by Crippen LogP contribution is -2.21. The highest BCUT2D eigenvalue weighted by Crippen LogP contribution is 1.89. The van der Waals surface area contributed by atoms with Crippen LogP contribution in [-0.2, 0) is 9.84 Å².